The largest absolute Gasteiger partial charge is 0.497 e. The van der Waals surface area contributed by atoms with Crippen LogP contribution in [0.4, 0.5) is 11.4 Å². The van der Waals surface area contributed by atoms with E-state index in [9.17, 15) is 9.59 Å². The minimum atomic E-state index is -0.388. The second-order valence-corrected chi connectivity index (χ2v) is 7.22. The zero-order valence-electron chi connectivity index (χ0n) is 18.2. The van der Waals surface area contributed by atoms with Gasteiger partial charge in [0.2, 0.25) is 0 Å². The number of imide groups is 1. The van der Waals surface area contributed by atoms with E-state index in [1.165, 1.54) is 4.90 Å². The van der Waals surface area contributed by atoms with Crippen molar-refractivity contribution in [1.29, 1.82) is 0 Å². The molecule has 0 fully saturated rings. The van der Waals surface area contributed by atoms with Gasteiger partial charge < -0.3 is 14.4 Å². The number of para-hydroxylation sites is 1. The number of rotatable bonds is 7. The Labute approximate surface area is 187 Å². The molecule has 3 aromatic rings. The first-order valence-corrected chi connectivity index (χ1v) is 10.3. The first-order valence-electron chi connectivity index (χ1n) is 10.3. The first-order chi connectivity index (χ1) is 15.5. The summed E-state index contributed by atoms with van der Waals surface area (Å²) in [7, 11) is 3.37. The Morgan fingerprint density at radius 3 is 2.22 bits per heavy atom. The van der Waals surface area contributed by atoms with Crippen LogP contribution in [0.1, 0.15) is 12.5 Å². The summed E-state index contributed by atoms with van der Waals surface area (Å²) in [6.07, 6.45) is 0. The molecule has 32 heavy (non-hydrogen) atoms. The Morgan fingerprint density at radius 1 is 0.844 bits per heavy atom. The van der Waals surface area contributed by atoms with E-state index in [1.54, 1.807) is 67.6 Å². The second-order valence-electron chi connectivity index (χ2n) is 7.22. The van der Waals surface area contributed by atoms with Crippen LogP contribution >= 0.6 is 0 Å². The van der Waals surface area contributed by atoms with Crippen LogP contribution in [-0.2, 0) is 9.59 Å². The van der Waals surface area contributed by atoms with E-state index in [2.05, 4.69) is 0 Å². The van der Waals surface area contributed by atoms with E-state index in [0.29, 0.717) is 40.6 Å². The molecule has 0 saturated heterocycles. The van der Waals surface area contributed by atoms with Gasteiger partial charge in [-0.25, -0.2) is 4.90 Å². The fraction of sp³-hybridized carbons (Fsp3) is 0.154. The maximum Gasteiger partial charge on any atom is 0.282 e. The third-order valence-corrected chi connectivity index (χ3v) is 5.30. The number of hydrogen-bond acceptors (Lipinski definition) is 5. The molecule has 0 atom stereocenters. The number of nitrogens with zero attached hydrogens (tertiary/aromatic N) is 2. The number of anilines is 2. The van der Waals surface area contributed by atoms with Crippen LogP contribution in [0.25, 0.3) is 5.57 Å². The summed E-state index contributed by atoms with van der Waals surface area (Å²) >= 11 is 0. The van der Waals surface area contributed by atoms with Gasteiger partial charge in [-0.1, -0.05) is 36.4 Å². The lowest BCUT2D eigenvalue weighted by molar-refractivity contribution is -0.120. The van der Waals surface area contributed by atoms with Gasteiger partial charge in [-0.3, -0.25) is 9.59 Å². The molecule has 0 saturated carbocycles. The normalized spacial score (nSPS) is 13.5. The number of likely N-dealkylation sites (N-methyl/N-ethyl adjacent to an activating group) is 1. The van der Waals surface area contributed by atoms with Crippen LogP contribution in [0, 0.1) is 0 Å². The highest BCUT2D eigenvalue weighted by Gasteiger charge is 2.42. The van der Waals surface area contributed by atoms with E-state index in [0.717, 1.165) is 5.69 Å². The number of ether oxygens (including phenoxy) is 2. The average Bonchev–Trinajstić information content (AvgIpc) is 3.09. The minimum Gasteiger partial charge on any atom is -0.497 e. The van der Waals surface area contributed by atoms with Gasteiger partial charge in [-0.15, -0.1) is 0 Å². The monoisotopic (exact) mass is 428 g/mol. The van der Waals surface area contributed by atoms with Gasteiger partial charge in [-0.2, -0.15) is 0 Å². The summed E-state index contributed by atoms with van der Waals surface area (Å²) < 4.78 is 10.8. The van der Waals surface area contributed by atoms with Gasteiger partial charge in [-0.05, 0) is 48.9 Å². The van der Waals surface area contributed by atoms with Crippen molar-refractivity contribution in [3.05, 3.63) is 90.1 Å². The first kappa shape index (κ1) is 21.2. The molecule has 162 valence electrons. The quantitative estimate of drug-likeness (QED) is 0.518. The molecular formula is C26H24N2O4. The summed E-state index contributed by atoms with van der Waals surface area (Å²) in [5.41, 5.74) is 2.57. The fourth-order valence-electron chi connectivity index (χ4n) is 3.74. The highest BCUT2D eigenvalue weighted by atomic mass is 16.5. The SMILES string of the molecule is CCOc1cccc(N2C(=O)C(c3ccc(OC)cc3)=C(N(C)c3ccccc3)C2=O)c1. The van der Waals surface area contributed by atoms with Crippen LogP contribution in [0.3, 0.4) is 0 Å². The highest BCUT2D eigenvalue weighted by molar-refractivity contribution is 6.46. The summed E-state index contributed by atoms with van der Waals surface area (Å²) in [6, 6.07) is 23.6. The number of benzene rings is 3. The number of carbonyl (C=O) groups is 2. The van der Waals surface area contributed by atoms with Crippen molar-refractivity contribution in [2.45, 2.75) is 6.92 Å². The predicted molar refractivity (Wildman–Crippen MR) is 125 cm³/mol. The molecule has 4 rings (SSSR count). The van der Waals surface area contributed by atoms with E-state index in [-0.39, 0.29) is 11.8 Å². The molecule has 0 aliphatic carbocycles. The minimum absolute atomic E-state index is 0.313. The van der Waals surface area contributed by atoms with Crippen molar-refractivity contribution in [3.63, 3.8) is 0 Å². The number of amides is 2. The lowest BCUT2D eigenvalue weighted by Crippen LogP contribution is -2.34. The van der Waals surface area contributed by atoms with E-state index in [4.69, 9.17) is 9.47 Å². The van der Waals surface area contributed by atoms with Crippen LogP contribution in [0.2, 0.25) is 0 Å². The van der Waals surface area contributed by atoms with Crippen molar-refractivity contribution in [1.82, 2.24) is 0 Å². The van der Waals surface area contributed by atoms with Crippen molar-refractivity contribution in [2.24, 2.45) is 0 Å². The smallest absolute Gasteiger partial charge is 0.282 e. The van der Waals surface area contributed by atoms with Gasteiger partial charge in [0.15, 0.2) is 0 Å². The van der Waals surface area contributed by atoms with Crippen LogP contribution in [0.5, 0.6) is 11.5 Å². The number of hydrogen-bond donors (Lipinski definition) is 0. The van der Waals surface area contributed by atoms with Gasteiger partial charge in [0, 0.05) is 18.8 Å². The molecule has 0 unspecified atom stereocenters. The van der Waals surface area contributed by atoms with Crippen molar-refractivity contribution in [2.75, 3.05) is 30.6 Å². The summed E-state index contributed by atoms with van der Waals surface area (Å²) in [6.45, 7) is 2.37. The molecule has 0 spiro atoms. The predicted octanol–water partition coefficient (Wildman–Crippen LogP) is 4.51. The molecule has 1 aliphatic rings. The molecule has 0 radical (unpaired) electrons. The zero-order valence-corrected chi connectivity index (χ0v) is 18.2. The van der Waals surface area contributed by atoms with E-state index < -0.39 is 0 Å². The highest BCUT2D eigenvalue weighted by Crippen LogP contribution is 2.37. The Balaban J connectivity index is 1.83. The van der Waals surface area contributed by atoms with Gasteiger partial charge in [0.1, 0.15) is 17.2 Å². The maximum absolute atomic E-state index is 13.6. The van der Waals surface area contributed by atoms with Crippen LogP contribution in [0.15, 0.2) is 84.6 Å². The molecule has 6 nitrogen and oxygen atoms in total. The molecule has 2 amide bonds. The number of methoxy groups -OCH3 is 1. The Hall–Kier alpha value is -4.06. The maximum atomic E-state index is 13.6. The summed E-state index contributed by atoms with van der Waals surface area (Å²) in [5, 5.41) is 0. The average molecular weight is 428 g/mol. The summed E-state index contributed by atoms with van der Waals surface area (Å²) in [4.78, 5) is 30.2. The Morgan fingerprint density at radius 2 is 1.56 bits per heavy atom. The lowest BCUT2D eigenvalue weighted by atomic mass is 10.0. The lowest BCUT2D eigenvalue weighted by Gasteiger charge is -2.21. The fourth-order valence-corrected chi connectivity index (χ4v) is 3.74. The van der Waals surface area contributed by atoms with Crippen molar-refractivity contribution >= 4 is 28.8 Å². The van der Waals surface area contributed by atoms with Gasteiger partial charge in [0.05, 0.1) is 25.0 Å². The van der Waals surface area contributed by atoms with Crippen LogP contribution < -0.4 is 19.3 Å². The van der Waals surface area contributed by atoms with Gasteiger partial charge >= 0.3 is 0 Å². The molecular weight excluding hydrogens is 404 g/mol. The topological polar surface area (TPSA) is 59.1 Å². The summed E-state index contributed by atoms with van der Waals surface area (Å²) in [5.74, 6) is 0.499. The third-order valence-electron chi connectivity index (χ3n) is 5.30. The van der Waals surface area contributed by atoms with E-state index in [1.807, 2.05) is 37.3 Å². The van der Waals surface area contributed by atoms with Crippen molar-refractivity contribution < 1.29 is 19.1 Å². The zero-order chi connectivity index (χ0) is 22.7. The molecule has 0 bridgehead atoms. The van der Waals surface area contributed by atoms with Gasteiger partial charge in [0.25, 0.3) is 11.8 Å². The molecule has 0 N–H and O–H groups in total. The molecule has 0 aromatic heterocycles. The Bertz CT molecular complexity index is 1170. The second kappa shape index (κ2) is 8.98. The molecule has 1 aliphatic heterocycles. The standard InChI is InChI=1S/C26H24N2O4/c1-4-32-22-12-8-11-20(17-22)28-25(29)23(18-13-15-21(31-3)16-14-18)24(26(28)30)27(2)19-9-6-5-7-10-19/h5-17H,4H2,1-3H3. The van der Waals surface area contributed by atoms with E-state index >= 15 is 0 Å². The molecule has 3 aromatic carbocycles. The Kier molecular flexibility index (Phi) is 5.94. The molecule has 6 heteroatoms. The van der Waals surface area contributed by atoms with Crippen LogP contribution in [-0.4, -0.2) is 32.6 Å². The van der Waals surface area contributed by atoms with Crippen molar-refractivity contribution in [3.8, 4) is 11.5 Å². The number of carbonyl (C=O) groups excluding carboxylic acids is 2. The molecule has 1 heterocycles. The third kappa shape index (κ3) is 3.83.